The van der Waals surface area contributed by atoms with Gasteiger partial charge in [0.05, 0.1) is 7.11 Å². The van der Waals surface area contributed by atoms with Crippen molar-refractivity contribution in [3.05, 3.63) is 18.3 Å². The van der Waals surface area contributed by atoms with Crippen molar-refractivity contribution in [1.29, 1.82) is 0 Å². The summed E-state index contributed by atoms with van der Waals surface area (Å²) in [6.07, 6.45) is 1.54. The van der Waals surface area contributed by atoms with Crippen LogP contribution in [0.5, 0.6) is 5.75 Å². The molecule has 1 aliphatic heterocycles. The fourth-order valence-electron chi connectivity index (χ4n) is 1.53. The second kappa shape index (κ2) is 5.01. The van der Waals surface area contributed by atoms with Crippen molar-refractivity contribution < 1.29 is 19.2 Å². The number of hydroxylamine groups is 2. The fourth-order valence-corrected chi connectivity index (χ4v) is 1.53. The van der Waals surface area contributed by atoms with Crippen molar-refractivity contribution in [2.45, 2.75) is 0 Å². The lowest BCUT2D eigenvalue weighted by Gasteiger charge is -2.28. The summed E-state index contributed by atoms with van der Waals surface area (Å²) in [5.41, 5.74) is 0. The van der Waals surface area contributed by atoms with E-state index in [0.717, 1.165) is 5.06 Å². The summed E-state index contributed by atoms with van der Waals surface area (Å²) in [6.45, 7) is -0.223. The number of nitrogens with zero attached hydrogens (tertiary/aromatic N) is 3. The molecule has 0 atom stereocenters. The minimum Gasteiger partial charge on any atom is -0.480 e. The van der Waals surface area contributed by atoms with Crippen molar-refractivity contribution in [3.63, 3.8) is 0 Å². The van der Waals surface area contributed by atoms with Crippen molar-refractivity contribution in [2.24, 2.45) is 0 Å². The third-order valence-electron chi connectivity index (χ3n) is 2.58. The van der Waals surface area contributed by atoms with E-state index in [4.69, 9.17) is 9.57 Å². The van der Waals surface area contributed by atoms with Crippen molar-refractivity contribution in [3.8, 4) is 5.75 Å². The highest BCUT2D eigenvalue weighted by Gasteiger charge is 2.29. The van der Waals surface area contributed by atoms with E-state index in [1.807, 2.05) is 0 Å². The monoisotopic (exact) mass is 251 g/mol. The molecule has 0 fully saturated rings. The predicted molar refractivity (Wildman–Crippen MR) is 61.9 cm³/mol. The average molecular weight is 251 g/mol. The lowest BCUT2D eigenvalue weighted by atomic mass is 10.3. The zero-order valence-corrected chi connectivity index (χ0v) is 10.1. The van der Waals surface area contributed by atoms with E-state index in [-0.39, 0.29) is 25.0 Å². The van der Waals surface area contributed by atoms with Crippen LogP contribution >= 0.6 is 0 Å². The molecule has 0 aromatic carbocycles. The SMILES string of the molecule is CON(C)C(=O)CN1C(=O)COc2cccnc21. The van der Waals surface area contributed by atoms with Gasteiger partial charge in [-0.05, 0) is 12.1 Å². The molecule has 1 aromatic rings. The van der Waals surface area contributed by atoms with Crippen LogP contribution in [-0.4, -0.2) is 49.2 Å². The molecule has 0 aliphatic carbocycles. The van der Waals surface area contributed by atoms with Crippen LogP contribution in [0.4, 0.5) is 5.82 Å². The number of anilines is 1. The first-order valence-corrected chi connectivity index (χ1v) is 5.32. The van der Waals surface area contributed by atoms with Gasteiger partial charge < -0.3 is 4.74 Å². The van der Waals surface area contributed by atoms with Crippen LogP contribution in [0.1, 0.15) is 0 Å². The number of fused-ring (bicyclic) bond motifs is 1. The van der Waals surface area contributed by atoms with Gasteiger partial charge in [-0.25, -0.2) is 10.0 Å². The Morgan fingerprint density at radius 1 is 1.67 bits per heavy atom. The summed E-state index contributed by atoms with van der Waals surface area (Å²) in [6, 6.07) is 3.40. The molecule has 2 rings (SSSR count). The van der Waals surface area contributed by atoms with E-state index >= 15 is 0 Å². The molecule has 7 heteroatoms. The van der Waals surface area contributed by atoms with E-state index in [1.54, 1.807) is 12.1 Å². The summed E-state index contributed by atoms with van der Waals surface area (Å²) < 4.78 is 5.22. The Kier molecular flexibility index (Phi) is 3.42. The van der Waals surface area contributed by atoms with Gasteiger partial charge in [0.15, 0.2) is 18.2 Å². The Morgan fingerprint density at radius 3 is 3.17 bits per heavy atom. The normalized spacial score (nSPS) is 13.9. The molecule has 0 saturated heterocycles. The molecule has 0 N–H and O–H groups in total. The molecule has 18 heavy (non-hydrogen) atoms. The third-order valence-corrected chi connectivity index (χ3v) is 2.58. The molecule has 0 spiro atoms. The molecular weight excluding hydrogens is 238 g/mol. The average Bonchev–Trinajstić information content (AvgIpc) is 2.41. The number of aromatic nitrogens is 1. The molecule has 0 bridgehead atoms. The van der Waals surface area contributed by atoms with Gasteiger partial charge >= 0.3 is 0 Å². The highest BCUT2D eigenvalue weighted by Crippen LogP contribution is 2.28. The third kappa shape index (κ3) is 2.25. The Balaban J connectivity index is 2.22. The number of carbonyl (C=O) groups excluding carboxylic acids is 2. The molecule has 0 saturated carbocycles. The van der Waals surface area contributed by atoms with Crippen LogP contribution in [0.2, 0.25) is 0 Å². The molecule has 0 radical (unpaired) electrons. The predicted octanol–water partition coefficient (Wildman–Crippen LogP) is -0.173. The number of likely N-dealkylation sites (N-methyl/N-ethyl adjacent to an activating group) is 1. The summed E-state index contributed by atoms with van der Waals surface area (Å²) in [5.74, 6) is 0.194. The Labute approximate surface area is 104 Å². The maximum absolute atomic E-state index is 11.8. The smallest absolute Gasteiger partial charge is 0.266 e. The van der Waals surface area contributed by atoms with Crippen molar-refractivity contribution >= 4 is 17.6 Å². The molecule has 2 amide bonds. The van der Waals surface area contributed by atoms with Crippen LogP contribution in [-0.2, 0) is 14.4 Å². The van der Waals surface area contributed by atoms with Gasteiger partial charge in [0, 0.05) is 13.2 Å². The minimum absolute atomic E-state index is 0.0946. The lowest BCUT2D eigenvalue weighted by Crippen LogP contribution is -2.45. The highest BCUT2D eigenvalue weighted by molar-refractivity contribution is 6.00. The van der Waals surface area contributed by atoms with Gasteiger partial charge in [-0.3, -0.25) is 19.3 Å². The molecule has 7 nitrogen and oxygen atoms in total. The van der Waals surface area contributed by atoms with Crippen LogP contribution in [0.15, 0.2) is 18.3 Å². The van der Waals surface area contributed by atoms with Crippen LogP contribution in [0.25, 0.3) is 0 Å². The van der Waals surface area contributed by atoms with E-state index in [0.29, 0.717) is 11.6 Å². The molecule has 2 heterocycles. The zero-order valence-electron chi connectivity index (χ0n) is 10.1. The minimum atomic E-state index is -0.343. The molecule has 96 valence electrons. The van der Waals surface area contributed by atoms with Crippen LogP contribution in [0.3, 0.4) is 0 Å². The molecule has 1 aromatic heterocycles. The number of ether oxygens (including phenoxy) is 1. The summed E-state index contributed by atoms with van der Waals surface area (Å²) in [4.78, 5) is 33.6. The summed E-state index contributed by atoms with van der Waals surface area (Å²) in [5, 5.41) is 1.06. The largest absolute Gasteiger partial charge is 0.480 e. The van der Waals surface area contributed by atoms with Gasteiger partial charge in [0.25, 0.3) is 11.8 Å². The Morgan fingerprint density at radius 2 is 2.44 bits per heavy atom. The second-order valence-electron chi connectivity index (χ2n) is 3.67. The first kappa shape index (κ1) is 12.3. The first-order chi connectivity index (χ1) is 8.63. The second-order valence-corrected chi connectivity index (χ2v) is 3.67. The maximum Gasteiger partial charge on any atom is 0.266 e. The number of amides is 2. The topological polar surface area (TPSA) is 72.0 Å². The van der Waals surface area contributed by atoms with E-state index < -0.39 is 0 Å². The highest BCUT2D eigenvalue weighted by atomic mass is 16.7. The van der Waals surface area contributed by atoms with Gasteiger partial charge in [0.2, 0.25) is 0 Å². The van der Waals surface area contributed by atoms with Gasteiger partial charge in [-0.15, -0.1) is 0 Å². The quantitative estimate of drug-likeness (QED) is 0.697. The molecule has 0 unspecified atom stereocenters. The Bertz CT molecular complexity index is 477. The molecular formula is C11H13N3O4. The lowest BCUT2D eigenvalue weighted by molar-refractivity contribution is -0.167. The summed E-state index contributed by atoms with van der Waals surface area (Å²) >= 11 is 0. The van der Waals surface area contributed by atoms with Gasteiger partial charge in [0.1, 0.15) is 6.54 Å². The number of pyridine rings is 1. The van der Waals surface area contributed by atoms with Crippen LogP contribution < -0.4 is 9.64 Å². The fraction of sp³-hybridized carbons (Fsp3) is 0.364. The standard InChI is InChI=1S/C11H13N3O4/c1-13(17-2)9(15)6-14-10(16)7-18-8-4-3-5-12-11(8)14/h3-5H,6-7H2,1-2H3. The van der Waals surface area contributed by atoms with Crippen LogP contribution in [0, 0.1) is 0 Å². The number of carbonyl (C=O) groups is 2. The zero-order chi connectivity index (χ0) is 13.1. The molecule has 1 aliphatic rings. The first-order valence-electron chi connectivity index (χ1n) is 5.32. The van der Waals surface area contributed by atoms with Gasteiger partial charge in [-0.2, -0.15) is 0 Å². The van der Waals surface area contributed by atoms with Crippen molar-refractivity contribution in [2.75, 3.05) is 32.2 Å². The van der Waals surface area contributed by atoms with E-state index in [1.165, 1.54) is 25.3 Å². The summed E-state index contributed by atoms with van der Waals surface area (Å²) in [7, 11) is 2.86. The number of hydrogen-bond acceptors (Lipinski definition) is 5. The van der Waals surface area contributed by atoms with Crippen molar-refractivity contribution in [1.82, 2.24) is 10.0 Å². The van der Waals surface area contributed by atoms with E-state index in [2.05, 4.69) is 4.98 Å². The van der Waals surface area contributed by atoms with E-state index in [9.17, 15) is 9.59 Å². The maximum atomic E-state index is 11.8. The van der Waals surface area contributed by atoms with Gasteiger partial charge in [-0.1, -0.05) is 0 Å². The number of rotatable bonds is 3. The number of hydrogen-bond donors (Lipinski definition) is 0. The Hall–Kier alpha value is -2.15.